The molecule has 0 saturated carbocycles. The molecule has 4 rings (SSSR count). The molecule has 0 radical (unpaired) electrons. The van der Waals surface area contributed by atoms with Gasteiger partial charge in [0.1, 0.15) is 5.65 Å². The fraction of sp³-hybridized carbons (Fsp3) is 0.182. The number of nitrogens with zero attached hydrogens (tertiary/aromatic N) is 3. The molecule has 2 heterocycles. The Morgan fingerprint density at radius 3 is 2.40 bits per heavy atom. The van der Waals surface area contributed by atoms with E-state index in [1.807, 2.05) is 60.2 Å². The van der Waals surface area contributed by atoms with E-state index in [1.54, 1.807) is 26.7 Å². The van der Waals surface area contributed by atoms with E-state index in [0.29, 0.717) is 17.4 Å². The number of ether oxygens (including phenoxy) is 2. The first-order valence-corrected chi connectivity index (χ1v) is 10.8. The average Bonchev–Trinajstić information content (AvgIpc) is 3.18. The van der Waals surface area contributed by atoms with Gasteiger partial charge in [0, 0.05) is 57.2 Å². The van der Waals surface area contributed by atoms with Crippen molar-refractivity contribution in [3.63, 3.8) is 0 Å². The summed E-state index contributed by atoms with van der Waals surface area (Å²) in [5.74, 6) is 1.77. The van der Waals surface area contributed by atoms with Crippen LogP contribution in [-0.2, 0) is 10.8 Å². The van der Waals surface area contributed by atoms with Crippen molar-refractivity contribution < 1.29 is 13.7 Å². The number of benzene rings is 2. The van der Waals surface area contributed by atoms with Crippen molar-refractivity contribution in [2.75, 3.05) is 25.8 Å². The molecule has 0 fully saturated rings. The second kappa shape index (κ2) is 8.16. The lowest BCUT2D eigenvalue weighted by atomic mass is 10.1. The van der Waals surface area contributed by atoms with Crippen molar-refractivity contribution in [1.82, 2.24) is 14.5 Å². The number of aromatic nitrogens is 3. The number of nitrogens with one attached hydrogen (secondary N) is 1. The molecule has 0 spiro atoms. The summed E-state index contributed by atoms with van der Waals surface area (Å²) in [5, 5.41) is 4.20. The maximum atomic E-state index is 11.6. The Kier molecular flexibility index (Phi) is 5.41. The van der Waals surface area contributed by atoms with Gasteiger partial charge in [0.2, 0.25) is 5.95 Å². The van der Waals surface area contributed by atoms with E-state index < -0.39 is 10.8 Å². The van der Waals surface area contributed by atoms with Gasteiger partial charge in [-0.3, -0.25) is 4.21 Å². The van der Waals surface area contributed by atoms with Crippen LogP contribution in [0, 0.1) is 6.92 Å². The molecule has 2 aromatic carbocycles. The third-order valence-corrected chi connectivity index (χ3v) is 5.79. The van der Waals surface area contributed by atoms with Gasteiger partial charge < -0.3 is 19.4 Å². The van der Waals surface area contributed by atoms with E-state index in [1.165, 1.54) is 0 Å². The number of methoxy groups -OCH3 is 2. The number of hydrogen-bond acceptors (Lipinski definition) is 6. The van der Waals surface area contributed by atoms with Gasteiger partial charge in [-0.15, -0.1) is 0 Å². The summed E-state index contributed by atoms with van der Waals surface area (Å²) in [7, 11) is 2.21. The second-order valence-corrected chi connectivity index (χ2v) is 8.13. The third-order valence-electron chi connectivity index (χ3n) is 4.85. The van der Waals surface area contributed by atoms with Crippen molar-refractivity contribution >= 4 is 33.5 Å². The number of anilines is 2. The van der Waals surface area contributed by atoms with E-state index in [9.17, 15) is 4.21 Å². The molecule has 0 aliphatic carbocycles. The zero-order valence-corrected chi connectivity index (χ0v) is 18.0. The summed E-state index contributed by atoms with van der Waals surface area (Å²) in [4.78, 5) is 9.94. The summed E-state index contributed by atoms with van der Waals surface area (Å²) < 4.78 is 24.4. The van der Waals surface area contributed by atoms with Gasteiger partial charge in [-0.05, 0) is 48.9 Å². The Morgan fingerprint density at radius 1 is 1.03 bits per heavy atom. The lowest BCUT2D eigenvalue weighted by Gasteiger charge is -2.14. The Hall–Kier alpha value is -3.39. The molecule has 0 bridgehead atoms. The smallest absolute Gasteiger partial charge is 0.229 e. The van der Waals surface area contributed by atoms with Crippen LogP contribution in [0.25, 0.3) is 16.7 Å². The fourth-order valence-corrected chi connectivity index (χ4v) is 3.74. The van der Waals surface area contributed by atoms with Gasteiger partial charge in [0.15, 0.2) is 11.5 Å². The number of rotatable bonds is 6. The normalized spacial score (nSPS) is 12.0. The molecule has 0 amide bonds. The summed E-state index contributed by atoms with van der Waals surface area (Å²) in [5.41, 5.74) is 3.52. The molecule has 154 valence electrons. The molecule has 1 N–H and O–H groups in total. The van der Waals surface area contributed by atoms with Crippen LogP contribution < -0.4 is 14.8 Å². The maximum absolute atomic E-state index is 11.6. The largest absolute Gasteiger partial charge is 0.493 e. The van der Waals surface area contributed by atoms with Gasteiger partial charge in [-0.25, -0.2) is 4.98 Å². The highest BCUT2D eigenvalue weighted by Gasteiger charge is 2.12. The van der Waals surface area contributed by atoms with Crippen molar-refractivity contribution in [3.8, 4) is 17.2 Å². The van der Waals surface area contributed by atoms with E-state index in [0.717, 1.165) is 32.9 Å². The first-order chi connectivity index (χ1) is 14.5. The van der Waals surface area contributed by atoms with Crippen LogP contribution in [0.2, 0.25) is 0 Å². The van der Waals surface area contributed by atoms with Crippen molar-refractivity contribution in [1.29, 1.82) is 0 Å². The summed E-state index contributed by atoms with van der Waals surface area (Å²) in [6.45, 7) is 1.98. The van der Waals surface area contributed by atoms with Crippen LogP contribution in [0.3, 0.4) is 0 Å². The SMILES string of the molecule is COc1cc(C)c(Nc2ncc3ccn(-c4ccc(S(C)=O)cc4)c3n2)cc1OC. The van der Waals surface area contributed by atoms with Gasteiger partial charge >= 0.3 is 0 Å². The van der Waals surface area contributed by atoms with E-state index in [-0.39, 0.29) is 0 Å². The van der Waals surface area contributed by atoms with Crippen molar-refractivity contribution in [3.05, 3.63) is 60.4 Å². The topological polar surface area (TPSA) is 78.3 Å². The first kappa shape index (κ1) is 19.9. The summed E-state index contributed by atoms with van der Waals surface area (Å²) in [6.07, 6.45) is 5.40. The first-order valence-electron chi connectivity index (χ1n) is 9.27. The Labute approximate surface area is 177 Å². The molecule has 0 saturated heterocycles. The Balaban J connectivity index is 1.70. The molecular weight excluding hydrogens is 400 g/mol. The van der Waals surface area contributed by atoms with Crippen molar-refractivity contribution in [2.45, 2.75) is 11.8 Å². The third kappa shape index (κ3) is 3.73. The molecule has 4 aromatic rings. The van der Waals surface area contributed by atoms with Crippen molar-refractivity contribution in [2.24, 2.45) is 0 Å². The van der Waals surface area contributed by atoms with Crippen LogP contribution in [0.15, 0.2) is 59.8 Å². The number of aryl methyl sites for hydroxylation is 1. The Morgan fingerprint density at radius 2 is 1.73 bits per heavy atom. The van der Waals surface area contributed by atoms with E-state index in [2.05, 4.69) is 10.3 Å². The lowest BCUT2D eigenvalue weighted by Crippen LogP contribution is -2.02. The molecular formula is C22H22N4O3S. The highest BCUT2D eigenvalue weighted by Crippen LogP contribution is 2.34. The standard InChI is InChI=1S/C22H22N4O3S/c1-14-11-19(28-2)20(29-3)12-18(14)24-22-23-13-15-9-10-26(21(15)25-22)16-5-7-17(8-6-16)30(4)27/h5-13H,1-4H3,(H,23,24,25). The van der Waals surface area contributed by atoms with Gasteiger partial charge in [-0.2, -0.15) is 4.98 Å². The summed E-state index contributed by atoms with van der Waals surface area (Å²) >= 11 is 0. The predicted molar refractivity (Wildman–Crippen MR) is 119 cm³/mol. The molecule has 2 aromatic heterocycles. The molecule has 7 nitrogen and oxygen atoms in total. The lowest BCUT2D eigenvalue weighted by molar-refractivity contribution is 0.355. The van der Waals surface area contributed by atoms with Crippen LogP contribution in [-0.4, -0.2) is 39.2 Å². The highest BCUT2D eigenvalue weighted by atomic mass is 32.2. The van der Waals surface area contributed by atoms with Gasteiger partial charge in [-0.1, -0.05) is 0 Å². The Bertz CT molecular complexity index is 1240. The maximum Gasteiger partial charge on any atom is 0.229 e. The zero-order chi connectivity index (χ0) is 21.3. The number of fused-ring (bicyclic) bond motifs is 1. The quantitative estimate of drug-likeness (QED) is 0.501. The summed E-state index contributed by atoms with van der Waals surface area (Å²) in [6, 6.07) is 13.3. The molecule has 8 heteroatoms. The molecule has 0 aliphatic heterocycles. The predicted octanol–water partition coefficient (Wildman–Crippen LogP) is 4.23. The van der Waals surface area contributed by atoms with E-state index in [4.69, 9.17) is 14.5 Å². The molecule has 1 unspecified atom stereocenters. The van der Waals surface area contributed by atoms with Gasteiger partial charge in [0.25, 0.3) is 0 Å². The minimum Gasteiger partial charge on any atom is -0.493 e. The average molecular weight is 423 g/mol. The van der Waals surface area contributed by atoms with Crippen LogP contribution in [0.5, 0.6) is 11.5 Å². The van der Waals surface area contributed by atoms with Gasteiger partial charge in [0.05, 0.1) is 14.2 Å². The molecule has 0 aliphatic rings. The fourth-order valence-electron chi connectivity index (χ4n) is 3.22. The van der Waals surface area contributed by atoms with Crippen LogP contribution in [0.4, 0.5) is 11.6 Å². The monoisotopic (exact) mass is 422 g/mol. The van der Waals surface area contributed by atoms with Crippen LogP contribution >= 0.6 is 0 Å². The molecule has 1 atom stereocenters. The molecule has 30 heavy (non-hydrogen) atoms. The van der Waals surface area contributed by atoms with Crippen LogP contribution in [0.1, 0.15) is 5.56 Å². The zero-order valence-electron chi connectivity index (χ0n) is 17.2. The second-order valence-electron chi connectivity index (χ2n) is 6.75. The number of hydrogen-bond donors (Lipinski definition) is 1. The van der Waals surface area contributed by atoms with E-state index >= 15 is 0 Å². The minimum atomic E-state index is -1.01. The minimum absolute atomic E-state index is 0.476. The highest BCUT2D eigenvalue weighted by molar-refractivity contribution is 7.84.